The number of ether oxygens (including phenoxy) is 1. The van der Waals surface area contributed by atoms with Crippen molar-refractivity contribution in [1.29, 1.82) is 0 Å². The summed E-state index contributed by atoms with van der Waals surface area (Å²) in [5.41, 5.74) is 5.95. The minimum atomic E-state index is -3.24. The average molecular weight is 537 g/mol. The summed E-state index contributed by atoms with van der Waals surface area (Å²) >= 11 is 1.70. The molecule has 37 heavy (non-hydrogen) atoms. The number of pyridine rings is 1. The maximum absolute atomic E-state index is 11.6. The van der Waals surface area contributed by atoms with Crippen LogP contribution in [0.3, 0.4) is 0 Å². The molecule has 6 rings (SSSR count). The molecule has 0 bridgehead atoms. The Morgan fingerprint density at radius 3 is 2.89 bits per heavy atom. The van der Waals surface area contributed by atoms with Gasteiger partial charge in [0.15, 0.2) is 11.6 Å². The third-order valence-electron chi connectivity index (χ3n) is 6.73. The van der Waals surface area contributed by atoms with Crippen molar-refractivity contribution in [1.82, 2.24) is 24.7 Å². The third-order valence-corrected chi connectivity index (χ3v) is 8.72. The van der Waals surface area contributed by atoms with Crippen molar-refractivity contribution in [2.75, 3.05) is 44.0 Å². The predicted octanol–water partition coefficient (Wildman–Crippen LogP) is 4.03. The SMILES string of the molecule is Cc1c(C2=CCCC(CNS(C)(=O)=O)=C2)sc2c(N3CCOCC3)nc(-c3cnc4[nH]ccc4c3)nc12. The minimum Gasteiger partial charge on any atom is -0.378 e. The molecular weight excluding hydrogens is 508 g/mol. The van der Waals surface area contributed by atoms with Crippen LogP contribution in [0.4, 0.5) is 5.82 Å². The van der Waals surface area contributed by atoms with Gasteiger partial charge in [-0.05, 0) is 43.0 Å². The summed E-state index contributed by atoms with van der Waals surface area (Å²) in [6.07, 6.45) is 10.9. The van der Waals surface area contributed by atoms with Crippen molar-refractivity contribution in [3.63, 3.8) is 0 Å². The van der Waals surface area contributed by atoms with E-state index in [0.29, 0.717) is 25.6 Å². The van der Waals surface area contributed by atoms with Gasteiger partial charge < -0.3 is 14.6 Å². The van der Waals surface area contributed by atoms with Crippen LogP contribution in [-0.4, -0.2) is 67.5 Å². The second-order valence-electron chi connectivity index (χ2n) is 9.44. The molecule has 4 aromatic rings. The van der Waals surface area contributed by atoms with Crippen molar-refractivity contribution in [2.24, 2.45) is 0 Å². The highest BCUT2D eigenvalue weighted by Crippen LogP contribution is 2.42. The Bertz CT molecular complexity index is 1660. The number of H-pyrrole nitrogens is 1. The smallest absolute Gasteiger partial charge is 0.208 e. The Morgan fingerprint density at radius 2 is 2.08 bits per heavy atom. The number of aromatic amines is 1. The Kier molecular flexibility index (Phi) is 6.31. The van der Waals surface area contributed by atoms with Crippen LogP contribution in [0.2, 0.25) is 0 Å². The first-order valence-corrected chi connectivity index (χ1v) is 15.0. The molecule has 11 heteroatoms. The summed E-state index contributed by atoms with van der Waals surface area (Å²) in [4.78, 5) is 21.2. The Balaban J connectivity index is 1.46. The molecule has 1 aliphatic carbocycles. The molecule has 1 saturated heterocycles. The number of anilines is 1. The zero-order valence-corrected chi connectivity index (χ0v) is 22.4. The van der Waals surface area contributed by atoms with E-state index >= 15 is 0 Å². The lowest BCUT2D eigenvalue weighted by atomic mass is 9.97. The van der Waals surface area contributed by atoms with Crippen LogP contribution in [0.25, 0.3) is 38.2 Å². The van der Waals surface area contributed by atoms with Crippen molar-refractivity contribution in [3.8, 4) is 11.4 Å². The number of nitrogens with zero attached hydrogens (tertiary/aromatic N) is 4. The number of fused-ring (bicyclic) bond motifs is 2. The minimum absolute atomic E-state index is 0.331. The first-order chi connectivity index (χ1) is 17.9. The van der Waals surface area contributed by atoms with E-state index in [-0.39, 0.29) is 0 Å². The first kappa shape index (κ1) is 24.2. The van der Waals surface area contributed by atoms with E-state index in [4.69, 9.17) is 14.7 Å². The predicted molar refractivity (Wildman–Crippen MR) is 148 cm³/mol. The van der Waals surface area contributed by atoms with Crippen LogP contribution in [0, 0.1) is 6.92 Å². The lowest BCUT2D eigenvalue weighted by molar-refractivity contribution is 0.122. The van der Waals surface area contributed by atoms with Gasteiger partial charge in [0.1, 0.15) is 5.65 Å². The van der Waals surface area contributed by atoms with Gasteiger partial charge in [-0.15, -0.1) is 11.3 Å². The number of morpholine rings is 1. The number of hydrogen-bond donors (Lipinski definition) is 2. The molecule has 0 aromatic carbocycles. The first-order valence-electron chi connectivity index (χ1n) is 12.3. The van der Waals surface area contributed by atoms with E-state index in [9.17, 15) is 8.42 Å². The molecule has 1 fully saturated rings. The fourth-order valence-electron chi connectivity index (χ4n) is 4.81. The lowest BCUT2D eigenvalue weighted by Crippen LogP contribution is -2.36. The van der Waals surface area contributed by atoms with Crippen LogP contribution in [0.15, 0.2) is 42.3 Å². The highest BCUT2D eigenvalue weighted by molar-refractivity contribution is 7.88. The number of thiophene rings is 1. The van der Waals surface area contributed by atoms with Crippen molar-refractivity contribution in [3.05, 3.63) is 52.7 Å². The standard InChI is InChI=1S/C26H28N6O3S2/c1-16-21-23(36-22(16)18-5-3-4-17(12-18)14-29-37(2,33)34)26(32-8-10-35-11-9-32)31-25(30-21)20-13-19-6-7-27-24(19)28-15-20/h5-7,12-13,15,29H,3-4,8-11,14H2,1-2H3,(H,27,28). The topological polar surface area (TPSA) is 113 Å². The van der Waals surface area contributed by atoms with Gasteiger partial charge in [-0.3, -0.25) is 0 Å². The molecule has 9 nitrogen and oxygen atoms in total. The van der Waals surface area contributed by atoms with E-state index in [1.165, 1.54) is 6.26 Å². The summed E-state index contributed by atoms with van der Waals surface area (Å²) in [7, 11) is -3.24. The molecule has 2 aliphatic rings. The molecule has 192 valence electrons. The number of aryl methyl sites for hydroxylation is 1. The Morgan fingerprint density at radius 1 is 1.24 bits per heavy atom. The molecule has 1 aliphatic heterocycles. The summed E-state index contributed by atoms with van der Waals surface area (Å²) in [5, 5.41) is 1.02. The second kappa shape index (κ2) is 9.64. The van der Waals surface area contributed by atoms with Gasteiger partial charge in [-0.1, -0.05) is 17.7 Å². The normalized spacial score (nSPS) is 16.9. The summed E-state index contributed by atoms with van der Waals surface area (Å²) in [6, 6.07) is 4.07. The van der Waals surface area contributed by atoms with Crippen molar-refractivity contribution >= 4 is 54.0 Å². The molecule has 0 radical (unpaired) electrons. The van der Waals surface area contributed by atoms with Crippen LogP contribution >= 0.6 is 11.3 Å². The van der Waals surface area contributed by atoms with Gasteiger partial charge in [0.05, 0.1) is 29.7 Å². The van der Waals surface area contributed by atoms with Gasteiger partial charge in [-0.25, -0.2) is 28.1 Å². The maximum Gasteiger partial charge on any atom is 0.208 e. The Hall–Kier alpha value is -3.12. The van der Waals surface area contributed by atoms with Crippen LogP contribution < -0.4 is 9.62 Å². The highest BCUT2D eigenvalue weighted by atomic mass is 32.2. The fourth-order valence-corrected chi connectivity index (χ4v) is 6.54. The monoisotopic (exact) mass is 536 g/mol. The molecule has 4 aromatic heterocycles. The molecule has 0 spiro atoms. The zero-order valence-electron chi connectivity index (χ0n) is 20.7. The number of hydrogen-bond acceptors (Lipinski definition) is 8. The Labute approximate surface area is 219 Å². The van der Waals surface area contributed by atoms with Crippen molar-refractivity contribution in [2.45, 2.75) is 19.8 Å². The van der Waals surface area contributed by atoms with Crippen molar-refractivity contribution < 1.29 is 13.2 Å². The largest absolute Gasteiger partial charge is 0.378 e. The quantitative estimate of drug-likeness (QED) is 0.382. The number of nitrogens with one attached hydrogen (secondary N) is 2. The average Bonchev–Trinajstić information content (AvgIpc) is 3.51. The molecule has 0 saturated carbocycles. The fraction of sp³-hybridized carbons (Fsp3) is 0.346. The van der Waals surface area contributed by atoms with Crippen LogP contribution in [0.5, 0.6) is 0 Å². The molecular formula is C26H28N6O3S2. The van der Waals surface area contributed by atoms with E-state index in [2.05, 4.69) is 44.7 Å². The third kappa shape index (κ3) is 4.91. The van der Waals surface area contributed by atoms with E-state index in [1.807, 2.05) is 18.5 Å². The molecule has 2 N–H and O–H groups in total. The molecule has 0 amide bonds. The summed E-state index contributed by atoms with van der Waals surface area (Å²) in [5.74, 6) is 1.58. The highest BCUT2D eigenvalue weighted by Gasteiger charge is 2.24. The van der Waals surface area contributed by atoms with Gasteiger partial charge in [0.25, 0.3) is 0 Å². The van der Waals surface area contributed by atoms with E-state index < -0.39 is 10.0 Å². The summed E-state index contributed by atoms with van der Waals surface area (Å²) in [6.45, 7) is 5.32. The van der Waals surface area contributed by atoms with Crippen LogP contribution in [-0.2, 0) is 14.8 Å². The van der Waals surface area contributed by atoms with Crippen LogP contribution in [0.1, 0.15) is 23.3 Å². The van der Waals surface area contributed by atoms with E-state index in [1.54, 1.807) is 11.3 Å². The molecule has 0 atom stereocenters. The molecule has 5 heterocycles. The number of allylic oxidation sites excluding steroid dienone is 3. The van der Waals surface area contributed by atoms with Gasteiger partial charge in [0, 0.05) is 47.9 Å². The van der Waals surface area contributed by atoms with Gasteiger partial charge >= 0.3 is 0 Å². The number of sulfonamides is 1. The second-order valence-corrected chi connectivity index (χ2v) is 12.3. The number of aromatic nitrogens is 4. The maximum atomic E-state index is 11.6. The lowest BCUT2D eigenvalue weighted by Gasteiger charge is -2.28. The van der Waals surface area contributed by atoms with E-state index in [0.717, 1.165) is 80.1 Å². The number of rotatable bonds is 6. The zero-order chi connectivity index (χ0) is 25.6. The van der Waals surface area contributed by atoms with Gasteiger partial charge in [0.2, 0.25) is 10.0 Å². The summed E-state index contributed by atoms with van der Waals surface area (Å²) < 4.78 is 32.5. The van der Waals surface area contributed by atoms with Gasteiger partial charge in [-0.2, -0.15) is 0 Å². The molecule has 0 unspecified atom stereocenters.